The molecule has 0 aliphatic carbocycles. The smallest absolute Gasteiger partial charge is 0.352 e. The lowest BCUT2D eigenvalue weighted by molar-refractivity contribution is -0.143. The first-order valence-electron chi connectivity index (χ1n) is 9.93. The lowest BCUT2D eigenvalue weighted by atomic mass is 10.2. The number of rotatable bonds is 7. The molecule has 0 bridgehead atoms. The molecule has 1 aromatic carbocycles. The van der Waals surface area contributed by atoms with E-state index in [1.54, 1.807) is 31.6 Å². The molecule has 168 valence electrons. The Bertz CT molecular complexity index is 883. The Morgan fingerprint density at radius 3 is 2.87 bits per heavy atom. The first-order valence-corrected chi connectivity index (χ1v) is 9.93. The van der Waals surface area contributed by atoms with Crippen LogP contribution in [0.3, 0.4) is 0 Å². The van der Waals surface area contributed by atoms with Crippen molar-refractivity contribution in [1.29, 1.82) is 0 Å². The first-order chi connectivity index (χ1) is 14.8. The molecule has 8 nitrogen and oxygen atoms in total. The van der Waals surface area contributed by atoms with E-state index in [4.69, 9.17) is 0 Å². The van der Waals surface area contributed by atoms with Gasteiger partial charge in [0.05, 0.1) is 6.54 Å². The van der Waals surface area contributed by atoms with Crippen molar-refractivity contribution in [2.45, 2.75) is 31.7 Å². The molecule has 1 fully saturated rings. The molecule has 0 saturated carbocycles. The Labute approximate surface area is 178 Å². The molecule has 1 amide bonds. The molecule has 1 aliphatic rings. The molecule has 1 aliphatic heterocycles. The minimum atomic E-state index is -4.19. The number of amides is 1. The maximum absolute atomic E-state index is 12.5. The minimum absolute atomic E-state index is 0.0959. The SMILES string of the molecule is CN=C(NCc1cccc(NC(=O)Cn2cccn2)c1)NC1CCN(CC(F)(F)F)C1. The van der Waals surface area contributed by atoms with E-state index >= 15 is 0 Å². The summed E-state index contributed by atoms with van der Waals surface area (Å²) < 4.78 is 39.2. The summed E-state index contributed by atoms with van der Waals surface area (Å²) in [5.41, 5.74) is 1.59. The number of guanidine groups is 1. The molecule has 1 saturated heterocycles. The molecular formula is C20H26F3N7O. The van der Waals surface area contributed by atoms with Gasteiger partial charge < -0.3 is 16.0 Å². The van der Waals surface area contributed by atoms with Crippen LogP contribution in [0.5, 0.6) is 0 Å². The Kier molecular flexibility index (Phi) is 7.50. The number of halogens is 3. The van der Waals surface area contributed by atoms with E-state index in [0.717, 1.165) is 5.56 Å². The van der Waals surface area contributed by atoms with Crippen LogP contribution >= 0.6 is 0 Å². The van der Waals surface area contributed by atoms with Crippen LogP contribution in [-0.4, -0.2) is 65.4 Å². The third-order valence-electron chi connectivity index (χ3n) is 4.78. The van der Waals surface area contributed by atoms with Gasteiger partial charge in [-0.25, -0.2) is 0 Å². The molecule has 1 atom stereocenters. The highest BCUT2D eigenvalue weighted by molar-refractivity contribution is 5.90. The number of anilines is 1. The van der Waals surface area contributed by atoms with E-state index in [0.29, 0.717) is 37.7 Å². The van der Waals surface area contributed by atoms with Crippen LogP contribution in [0.15, 0.2) is 47.7 Å². The monoisotopic (exact) mass is 437 g/mol. The Morgan fingerprint density at radius 1 is 1.32 bits per heavy atom. The maximum Gasteiger partial charge on any atom is 0.401 e. The number of carbonyl (C=O) groups excluding carboxylic acids is 1. The van der Waals surface area contributed by atoms with E-state index in [1.807, 2.05) is 18.2 Å². The van der Waals surface area contributed by atoms with Crippen molar-refractivity contribution in [3.05, 3.63) is 48.3 Å². The summed E-state index contributed by atoms with van der Waals surface area (Å²) in [6.45, 7) is 0.392. The zero-order chi connectivity index (χ0) is 22.3. The van der Waals surface area contributed by atoms with Crippen molar-refractivity contribution in [3.63, 3.8) is 0 Å². The highest BCUT2D eigenvalue weighted by atomic mass is 19.4. The molecule has 3 N–H and O–H groups in total. The maximum atomic E-state index is 12.5. The van der Waals surface area contributed by atoms with Crippen molar-refractivity contribution in [3.8, 4) is 0 Å². The van der Waals surface area contributed by atoms with E-state index in [1.165, 1.54) is 9.58 Å². The van der Waals surface area contributed by atoms with Gasteiger partial charge in [0.15, 0.2) is 5.96 Å². The van der Waals surface area contributed by atoms with Gasteiger partial charge in [-0.15, -0.1) is 0 Å². The molecule has 3 rings (SSSR count). The number of alkyl halides is 3. The number of nitrogens with one attached hydrogen (secondary N) is 3. The predicted molar refractivity (Wildman–Crippen MR) is 112 cm³/mol. The lowest BCUT2D eigenvalue weighted by Crippen LogP contribution is -2.44. The molecule has 11 heteroatoms. The molecule has 31 heavy (non-hydrogen) atoms. The summed E-state index contributed by atoms with van der Waals surface area (Å²) in [5, 5.41) is 13.2. The fraction of sp³-hybridized carbons (Fsp3) is 0.450. The van der Waals surface area contributed by atoms with Gasteiger partial charge in [-0.2, -0.15) is 18.3 Å². The molecule has 2 aromatic rings. The molecular weight excluding hydrogens is 411 g/mol. The van der Waals surface area contributed by atoms with Crippen LogP contribution in [0, 0.1) is 0 Å². The van der Waals surface area contributed by atoms with Crippen LogP contribution in [0.4, 0.5) is 18.9 Å². The zero-order valence-corrected chi connectivity index (χ0v) is 17.2. The number of hydrogen-bond donors (Lipinski definition) is 3. The fourth-order valence-electron chi connectivity index (χ4n) is 3.42. The number of likely N-dealkylation sites (tertiary alicyclic amines) is 1. The minimum Gasteiger partial charge on any atom is -0.352 e. The third-order valence-corrected chi connectivity index (χ3v) is 4.78. The van der Waals surface area contributed by atoms with Gasteiger partial charge >= 0.3 is 6.18 Å². The fourth-order valence-corrected chi connectivity index (χ4v) is 3.42. The molecule has 0 radical (unpaired) electrons. The molecule has 0 spiro atoms. The summed E-state index contributed by atoms with van der Waals surface area (Å²) in [6.07, 6.45) is -0.243. The van der Waals surface area contributed by atoms with Crippen LogP contribution < -0.4 is 16.0 Å². The highest BCUT2D eigenvalue weighted by Crippen LogP contribution is 2.20. The van der Waals surface area contributed by atoms with Gasteiger partial charge in [0, 0.05) is 50.8 Å². The zero-order valence-electron chi connectivity index (χ0n) is 17.2. The van der Waals surface area contributed by atoms with Crippen LogP contribution in [0.2, 0.25) is 0 Å². The highest BCUT2D eigenvalue weighted by Gasteiger charge is 2.34. The lowest BCUT2D eigenvalue weighted by Gasteiger charge is -2.20. The van der Waals surface area contributed by atoms with Crippen molar-refractivity contribution < 1.29 is 18.0 Å². The van der Waals surface area contributed by atoms with Crippen LogP contribution in [-0.2, 0) is 17.9 Å². The van der Waals surface area contributed by atoms with Crippen molar-refractivity contribution in [2.75, 3.05) is 32.0 Å². The van der Waals surface area contributed by atoms with E-state index in [-0.39, 0.29) is 18.5 Å². The summed E-state index contributed by atoms with van der Waals surface area (Å²) in [5.74, 6) is 0.336. The standard InChI is InChI=1S/C20H26F3N7O/c1-24-19(28-17-6-9-29(12-17)14-20(21,22)23)25-11-15-4-2-5-16(10-15)27-18(31)13-30-8-3-7-26-30/h2-5,7-8,10,17H,6,9,11-14H2,1H3,(H,27,31)(H2,24,25,28). The summed E-state index contributed by atoms with van der Waals surface area (Å²) in [7, 11) is 1.61. The quantitative estimate of drug-likeness (QED) is 0.455. The topological polar surface area (TPSA) is 86.6 Å². The summed E-state index contributed by atoms with van der Waals surface area (Å²) in [6, 6.07) is 9.04. The van der Waals surface area contributed by atoms with Crippen LogP contribution in [0.1, 0.15) is 12.0 Å². The van der Waals surface area contributed by atoms with Gasteiger partial charge in [0.1, 0.15) is 6.54 Å². The largest absolute Gasteiger partial charge is 0.401 e. The Morgan fingerprint density at radius 2 is 2.16 bits per heavy atom. The second-order valence-electron chi connectivity index (χ2n) is 7.36. The van der Waals surface area contributed by atoms with Crippen molar-refractivity contribution >= 4 is 17.6 Å². The number of carbonyl (C=O) groups is 1. The Hall–Kier alpha value is -3.08. The van der Waals surface area contributed by atoms with Gasteiger partial charge in [-0.05, 0) is 30.2 Å². The average molecular weight is 437 g/mol. The molecule has 1 aromatic heterocycles. The van der Waals surface area contributed by atoms with Gasteiger partial charge in [0.25, 0.3) is 0 Å². The van der Waals surface area contributed by atoms with Gasteiger partial charge in [0.2, 0.25) is 5.91 Å². The second kappa shape index (κ2) is 10.3. The second-order valence-corrected chi connectivity index (χ2v) is 7.36. The number of nitrogens with zero attached hydrogens (tertiary/aromatic N) is 4. The predicted octanol–water partition coefficient (Wildman–Crippen LogP) is 1.82. The average Bonchev–Trinajstić information content (AvgIpc) is 3.36. The van der Waals surface area contributed by atoms with Crippen LogP contribution in [0.25, 0.3) is 0 Å². The van der Waals surface area contributed by atoms with Crippen molar-refractivity contribution in [2.24, 2.45) is 4.99 Å². The summed E-state index contributed by atoms with van der Waals surface area (Å²) in [4.78, 5) is 17.7. The first kappa shape index (κ1) is 22.6. The number of aromatic nitrogens is 2. The molecule has 1 unspecified atom stereocenters. The normalized spacial score (nSPS) is 17.5. The van der Waals surface area contributed by atoms with E-state index in [2.05, 4.69) is 26.0 Å². The van der Waals surface area contributed by atoms with E-state index < -0.39 is 12.7 Å². The van der Waals surface area contributed by atoms with Crippen molar-refractivity contribution in [1.82, 2.24) is 25.3 Å². The van der Waals surface area contributed by atoms with Gasteiger partial charge in [-0.3, -0.25) is 19.4 Å². The Balaban J connectivity index is 1.46. The number of aliphatic imine (C=N–C) groups is 1. The molecule has 2 heterocycles. The van der Waals surface area contributed by atoms with Gasteiger partial charge in [-0.1, -0.05) is 12.1 Å². The number of hydrogen-bond acceptors (Lipinski definition) is 4. The van der Waals surface area contributed by atoms with E-state index in [9.17, 15) is 18.0 Å². The number of benzene rings is 1. The third kappa shape index (κ3) is 7.59. The summed E-state index contributed by atoms with van der Waals surface area (Å²) >= 11 is 0.